The zero-order valence-corrected chi connectivity index (χ0v) is 10.7. The van der Waals surface area contributed by atoms with Crippen LogP contribution in [-0.4, -0.2) is 11.9 Å². The average Bonchev–Trinajstić information content (AvgIpc) is 2.82. The summed E-state index contributed by atoms with van der Waals surface area (Å²) in [6, 6.07) is 4.63. The SMILES string of the molecule is NC1C=CC(C(=O)NCc2ccc(C(F)(F)F)cc2)C1. The van der Waals surface area contributed by atoms with E-state index in [1.165, 1.54) is 12.1 Å². The molecule has 0 aliphatic heterocycles. The number of alkyl halides is 3. The van der Waals surface area contributed by atoms with Crippen molar-refractivity contribution in [1.29, 1.82) is 0 Å². The maximum Gasteiger partial charge on any atom is 0.416 e. The summed E-state index contributed by atoms with van der Waals surface area (Å²) in [5.74, 6) is -0.409. The van der Waals surface area contributed by atoms with E-state index < -0.39 is 11.7 Å². The number of rotatable bonds is 3. The highest BCUT2D eigenvalue weighted by atomic mass is 19.4. The Morgan fingerprint density at radius 3 is 2.40 bits per heavy atom. The van der Waals surface area contributed by atoms with E-state index in [-0.39, 0.29) is 24.4 Å². The minimum Gasteiger partial charge on any atom is -0.352 e. The Labute approximate surface area is 114 Å². The number of benzene rings is 1. The molecular weight excluding hydrogens is 269 g/mol. The van der Waals surface area contributed by atoms with Gasteiger partial charge < -0.3 is 11.1 Å². The molecule has 0 fully saturated rings. The Morgan fingerprint density at radius 2 is 1.90 bits per heavy atom. The molecular formula is C14H15F3N2O. The predicted molar refractivity (Wildman–Crippen MR) is 68.5 cm³/mol. The third-order valence-electron chi connectivity index (χ3n) is 3.20. The number of nitrogens with one attached hydrogen (secondary N) is 1. The van der Waals surface area contributed by atoms with Crippen LogP contribution in [0.15, 0.2) is 36.4 Å². The van der Waals surface area contributed by atoms with Gasteiger partial charge in [0.15, 0.2) is 0 Å². The molecule has 1 aromatic rings. The third kappa shape index (κ3) is 3.60. The number of nitrogens with two attached hydrogens (primary N) is 1. The Balaban J connectivity index is 1.88. The number of carbonyl (C=O) groups excluding carboxylic acids is 1. The Morgan fingerprint density at radius 1 is 1.25 bits per heavy atom. The van der Waals surface area contributed by atoms with E-state index in [4.69, 9.17) is 5.73 Å². The number of carbonyl (C=O) groups is 1. The zero-order chi connectivity index (χ0) is 14.8. The maximum atomic E-state index is 12.4. The van der Waals surface area contributed by atoms with Crippen LogP contribution in [0.5, 0.6) is 0 Å². The summed E-state index contributed by atoms with van der Waals surface area (Å²) in [5.41, 5.74) is 5.58. The van der Waals surface area contributed by atoms with Crippen molar-refractivity contribution >= 4 is 5.91 Å². The summed E-state index contributed by atoms with van der Waals surface area (Å²) in [5, 5.41) is 2.69. The number of halogens is 3. The average molecular weight is 284 g/mol. The molecule has 2 atom stereocenters. The fourth-order valence-electron chi connectivity index (χ4n) is 2.05. The van der Waals surface area contributed by atoms with Crippen LogP contribution in [0.25, 0.3) is 0 Å². The molecule has 1 aromatic carbocycles. The van der Waals surface area contributed by atoms with Crippen LogP contribution in [0.3, 0.4) is 0 Å². The standard InChI is InChI=1S/C14H15F3N2O/c15-14(16,17)11-4-1-9(2-5-11)8-19-13(20)10-3-6-12(18)7-10/h1-6,10,12H,7-8,18H2,(H,19,20). The molecule has 20 heavy (non-hydrogen) atoms. The van der Waals surface area contributed by atoms with Crippen molar-refractivity contribution < 1.29 is 18.0 Å². The summed E-state index contributed by atoms with van der Waals surface area (Å²) in [4.78, 5) is 11.8. The molecule has 1 aliphatic rings. The largest absolute Gasteiger partial charge is 0.416 e. The van der Waals surface area contributed by atoms with Gasteiger partial charge in [-0.05, 0) is 24.1 Å². The van der Waals surface area contributed by atoms with Gasteiger partial charge in [-0.15, -0.1) is 0 Å². The highest BCUT2D eigenvalue weighted by molar-refractivity contribution is 5.81. The molecule has 108 valence electrons. The molecule has 1 amide bonds. The smallest absolute Gasteiger partial charge is 0.352 e. The third-order valence-corrected chi connectivity index (χ3v) is 3.20. The highest BCUT2D eigenvalue weighted by Crippen LogP contribution is 2.29. The Hall–Kier alpha value is -1.82. The second-order valence-electron chi connectivity index (χ2n) is 4.80. The molecule has 0 heterocycles. The van der Waals surface area contributed by atoms with Crippen molar-refractivity contribution in [2.45, 2.75) is 25.2 Å². The minimum atomic E-state index is -4.34. The van der Waals surface area contributed by atoms with Crippen molar-refractivity contribution in [3.63, 3.8) is 0 Å². The number of amides is 1. The van der Waals surface area contributed by atoms with Crippen LogP contribution in [0.2, 0.25) is 0 Å². The van der Waals surface area contributed by atoms with E-state index in [2.05, 4.69) is 5.32 Å². The lowest BCUT2D eigenvalue weighted by Crippen LogP contribution is -2.30. The van der Waals surface area contributed by atoms with Gasteiger partial charge in [0, 0.05) is 12.6 Å². The van der Waals surface area contributed by atoms with Crippen LogP contribution in [0.1, 0.15) is 17.5 Å². The van der Waals surface area contributed by atoms with Gasteiger partial charge >= 0.3 is 6.18 Å². The normalized spacial score (nSPS) is 22.0. The molecule has 3 nitrogen and oxygen atoms in total. The molecule has 0 radical (unpaired) electrons. The molecule has 0 saturated carbocycles. The van der Waals surface area contributed by atoms with E-state index >= 15 is 0 Å². The molecule has 2 rings (SSSR count). The van der Waals surface area contributed by atoms with Crippen molar-refractivity contribution in [2.24, 2.45) is 11.7 Å². The first kappa shape index (κ1) is 14.6. The quantitative estimate of drug-likeness (QED) is 0.836. The molecule has 0 saturated heterocycles. The molecule has 0 aromatic heterocycles. The van der Waals surface area contributed by atoms with Gasteiger partial charge in [0.25, 0.3) is 0 Å². The lowest BCUT2D eigenvalue weighted by atomic mass is 10.1. The first-order chi connectivity index (χ1) is 9.36. The van der Waals surface area contributed by atoms with Crippen LogP contribution in [0, 0.1) is 5.92 Å². The van der Waals surface area contributed by atoms with Crippen LogP contribution >= 0.6 is 0 Å². The zero-order valence-electron chi connectivity index (χ0n) is 10.7. The monoisotopic (exact) mass is 284 g/mol. The number of hydrogen-bond acceptors (Lipinski definition) is 2. The molecule has 1 aliphatic carbocycles. The number of hydrogen-bond donors (Lipinski definition) is 2. The van der Waals surface area contributed by atoms with Gasteiger partial charge in [0.1, 0.15) is 0 Å². The first-order valence-corrected chi connectivity index (χ1v) is 6.24. The molecule has 2 unspecified atom stereocenters. The van der Waals surface area contributed by atoms with Gasteiger partial charge in [0.05, 0.1) is 11.5 Å². The second kappa shape index (κ2) is 5.66. The maximum absolute atomic E-state index is 12.4. The van der Waals surface area contributed by atoms with Crippen LogP contribution < -0.4 is 11.1 Å². The van der Waals surface area contributed by atoms with Gasteiger partial charge in [-0.1, -0.05) is 24.3 Å². The summed E-state index contributed by atoms with van der Waals surface area (Å²) in [6.07, 6.45) is -0.236. The van der Waals surface area contributed by atoms with E-state index in [1.54, 1.807) is 12.2 Å². The van der Waals surface area contributed by atoms with Crippen LogP contribution in [0.4, 0.5) is 13.2 Å². The van der Waals surface area contributed by atoms with E-state index in [1.807, 2.05) is 0 Å². The van der Waals surface area contributed by atoms with E-state index in [0.29, 0.717) is 12.0 Å². The topological polar surface area (TPSA) is 55.1 Å². The summed E-state index contributed by atoms with van der Waals surface area (Å²) < 4.78 is 37.2. The predicted octanol–water partition coefficient (Wildman–Crippen LogP) is 2.22. The molecule has 0 spiro atoms. The van der Waals surface area contributed by atoms with Crippen molar-refractivity contribution in [2.75, 3.05) is 0 Å². The van der Waals surface area contributed by atoms with E-state index in [0.717, 1.165) is 12.1 Å². The first-order valence-electron chi connectivity index (χ1n) is 6.24. The second-order valence-corrected chi connectivity index (χ2v) is 4.80. The van der Waals surface area contributed by atoms with Crippen molar-refractivity contribution in [1.82, 2.24) is 5.32 Å². The van der Waals surface area contributed by atoms with Crippen molar-refractivity contribution in [3.05, 3.63) is 47.5 Å². The lowest BCUT2D eigenvalue weighted by molar-refractivity contribution is -0.137. The molecule has 0 bridgehead atoms. The van der Waals surface area contributed by atoms with Gasteiger partial charge in [0.2, 0.25) is 5.91 Å². The molecule has 6 heteroatoms. The van der Waals surface area contributed by atoms with Crippen molar-refractivity contribution in [3.8, 4) is 0 Å². The van der Waals surface area contributed by atoms with Gasteiger partial charge in [-0.2, -0.15) is 13.2 Å². The summed E-state index contributed by atoms with van der Waals surface area (Å²) >= 11 is 0. The highest BCUT2D eigenvalue weighted by Gasteiger charge is 2.30. The van der Waals surface area contributed by atoms with Gasteiger partial charge in [-0.25, -0.2) is 0 Å². The summed E-state index contributed by atoms with van der Waals surface area (Å²) in [6.45, 7) is 0.205. The summed E-state index contributed by atoms with van der Waals surface area (Å²) in [7, 11) is 0. The Bertz CT molecular complexity index is 508. The lowest BCUT2D eigenvalue weighted by Gasteiger charge is -2.11. The van der Waals surface area contributed by atoms with Crippen LogP contribution in [-0.2, 0) is 17.5 Å². The minimum absolute atomic E-state index is 0.100. The molecule has 3 N–H and O–H groups in total. The fourth-order valence-corrected chi connectivity index (χ4v) is 2.05. The van der Waals surface area contributed by atoms with Gasteiger partial charge in [-0.3, -0.25) is 4.79 Å². The Kier molecular flexibility index (Phi) is 4.13. The van der Waals surface area contributed by atoms with E-state index in [9.17, 15) is 18.0 Å². The fraction of sp³-hybridized carbons (Fsp3) is 0.357.